The first kappa shape index (κ1) is 29.0. The van der Waals surface area contributed by atoms with Crippen LogP contribution in [0.5, 0.6) is 17.5 Å². The number of terminal acetylenes is 1. The predicted octanol–water partition coefficient (Wildman–Crippen LogP) is 5.87. The average molecular weight is 634 g/mol. The lowest BCUT2D eigenvalue weighted by molar-refractivity contribution is 0.124. The van der Waals surface area contributed by atoms with E-state index >= 15 is 4.39 Å². The molecule has 4 fully saturated rings. The Morgan fingerprint density at radius 1 is 1.11 bits per heavy atom. The number of fused-ring (bicyclic) bond motifs is 6. The summed E-state index contributed by atoms with van der Waals surface area (Å²) in [6.45, 7) is 7.33. The van der Waals surface area contributed by atoms with Crippen LogP contribution in [0.4, 0.5) is 10.2 Å². The van der Waals surface area contributed by atoms with Crippen molar-refractivity contribution in [2.45, 2.75) is 63.6 Å². The molecule has 3 atom stereocenters. The van der Waals surface area contributed by atoms with Crippen LogP contribution in [-0.2, 0) is 0 Å². The van der Waals surface area contributed by atoms with Gasteiger partial charge < -0.3 is 29.7 Å². The highest BCUT2D eigenvalue weighted by Gasteiger charge is 2.46. The number of hydrogen-bond donors (Lipinski definition) is 2. The Balaban J connectivity index is 1.17. The molecular formula is C38H40FN5O3. The maximum atomic E-state index is 17.1. The zero-order chi connectivity index (χ0) is 31.9. The molecule has 0 amide bonds. The summed E-state index contributed by atoms with van der Waals surface area (Å²) in [5.74, 6) is 4.24. The van der Waals surface area contributed by atoms with Crippen LogP contribution in [0.2, 0.25) is 0 Å². The number of piperidine rings is 1. The number of anilines is 1. The van der Waals surface area contributed by atoms with Crippen LogP contribution in [0.15, 0.2) is 36.4 Å². The summed E-state index contributed by atoms with van der Waals surface area (Å²) >= 11 is 0. The lowest BCUT2D eigenvalue weighted by atomic mass is 9.93. The van der Waals surface area contributed by atoms with E-state index in [9.17, 15) is 5.11 Å². The molecule has 0 unspecified atom stereocenters. The molecule has 0 radical (unpaired) electrons. The third kappa shape index (κ3) is 4.96. The maximum Gasteiger partial charge on any atom is 0.319 e. The molecule has 5 aliphatic rings. The number of phenolic OH excluding ortho intramolecular Hbond substituents is 1. The molecule has 1 saturated carbocycles. The number of aromatic nitrogens is 2. The van der Waals surface area contributed by atoms with Crippen molar-refractivity contribution in [2.75, 3.05) is 44.3 Å². The van der Waals surface area contributed by atoms with Crippen molar-refractivity contribution in [1.82, 2.24) is 20.2 Å². The largest absolute Gasteiger partial charge is 0.508 e. The number of aromatic hydroxyl groups is 1. The number of rotatable bonds is 6. The van der Waals surface area contributed by atoms with Gasteiger partial charge in [0.2, 0.25) is 0 Å². The number of nitrogens with zero attached hydrogens (tertiary/aromatic N) is 4. The SMILES string of the molecule is C#Cc1cccc2cc(O)cc(-c3cc4c5c(nc(OCC6(CN7CCC(C)CC7)CC6)nc5c3F)N3C[C@H]5CC[C@H](N5)[C@H]3CO4)c12. The fraction of sp³-hybridized carbons (Fsp3) is 0.474. The van der Waals surface area contributed by atoms with E-state index in [0.29, 0.717) is 52.7 Å². The van der Waals surface area contributed by atoms with Crippen LogP contribution < -0.4 is 19.7 Å². The second-order valence-electron chi connectivity index (χ2n) is 14.7. The Morgan fingerprint density at radius 3 is 2.77 bits per heavy atom. The van der Waals surface area contributed by atoms with Crippen molar-refractivity contribution in [1.29, 1.82) is 0 Å². The number of ether oxygens (including phenoxy) is 2. The van der Waals surface area contributed by atoms with E-state index in [0.717, 1.165) is 63.2 Å². The summed E-state index contributed by atoms with van der Waals surface area (Å²) in [6.07, 6.45) is 12.8. The average Bonchev–Trinajstić information content (AvgIpc) is 3.77. The van der Waals surface area contributed by atoms with Gasteiger partial charge in [-0.2, -0.15) is 9.97 Å². The molecule has 9 heteroatoms. The first-order valence-corrected chi connectivity index (χ1v) is 17.2. The highest BCUT2D eigenvalue weighted by molar-refractivity contribution is 6.05. The normalized spacial score (nSPS) is 24.9. The molecular weight excluding hydrogens is 593 g/mol. The Kier molecular flexibility index (Phi) is 6.77. The molecule has 3 saturated heterocycles. The molecule has 0 spiro atoms. The molecule has 3 aromatic carbocycles. The van der Waals surface area contributed by atoms with Crippen molar-refractivity contribution in [3.05, 3.63) is 47.8 Å². The molecule has 1 aromatic heterocycles. The highest BCUT2D eigenvalue weighted by Crippen LogP contribution is 2.49. The van der Waals surface area contributed by atoms with Gasteiger partial charge in [0, 0.05) is 47.1 Å². The fourth-order valence-electron chi connectivity index (χ4n) is 8.49. The van der Waals surface area contributed by atoms with Gasteiger partial charge in [-0.1, -0.05) is 25.0 Å². The maximum absolute atomic E-state index is 17.1. The minimum atomic E-state index is -0.514. The minimum Gasteiger partial charge on any atom is -0.508 e. The third-order valence-corrected chi connectivity index (χ3v) is 11.4. The van der Waals surface area contributed by atoms with Gasteiger partial charge >= 0.3 is 6.01 Å². The van der Waals surface area contributed by atoms with Gasteiger partial charge in [0.05, 0.1) is 18.0 Å². The Bertz CT molecular complexity index is 1950. The van der Waals surface area contributed by atoms with Crippen LogP contribution >= 0.6 is 0 Å². The van der Waals surface area contributed by atoms with E-state index < -0.39 is 5.82 Å². The molecule has 5 heterocycles. The Labute approximate surface area is 274 Å². The smallest absolute Gasteiger partial charge is 0.319 e. The van der Waals surface area contributed by atoms with E-state index in [4.69, 9.17) is 25.9 Å². The van der Waals surface area contributed by atoms with Gasteiger partial charge in [0.15, 0.2) is 5.82 Å². The zero-order valence-corrected chi connectivity index (χ0v) is 26.8. The van der Waals surface area contributed by atoms with Gasteiger partial charge in [-0.3, -0.25) is 0 Å². The summed E-state index contributed by atoms with van der Waals surface area (Å²) in [6, 6.07) is 11.3. The number of hydrogen-bond acceptors (Lipinski definition) is 8. The van der Waals surface area contributed by atoms with Gasteiger partial charge in [0.1, 0.15) is 29.4 Å². The predicted molar refractivity (Wildman–Crippen MR) is 181 cm³/mol. The van der Waals surface area contributed by atoms with Crippen molar-refractivity contribution in [3.63, 3.8) is 0 Å². The topological polar surface area (TPSA) is 83.0 Å². The summed E-state index contributed by atoms with van der Waals surface area (Å²) in [4.78, 5) is 14.7. The minimum absolute atomic E-state index is 0.0254. The second kappa shape index (κ2) is 11.0. The quantitative estimate of drug-likeness (QED) is 0.255. The third-order valence-electron chi connectivity index (χ3n) is 11.4. The molecule has 4 aliphatic heterocycles. The molecule has 4 aromatic rings. The van der Waals surface area contributed by atoms with Crippen LogP contribution in [-0.4, -0.2) is 77.5 Å². The zero-order valence-electron chi connectivity index (χ0n) is 26.8. The van der Waals surface area contributed by atoms with Gasteiger partial charge in [-0.15, -0.1) is 6.42 Å². The van der Waals surface area contributed by atoms with Gasteiger partial charge in [-0.25, -0.2) is 4.39 Å². The highest BCUT2D eigenvalue weighted by atomic mass is 19.1. The number of nitrogens with one attached hydrogen (secondary N) is 1. The summed E-state index contributed by atoms with van der Waals surface area (Å²) in [7, 11) is 0. The van der Waals surface area contributed by atoms with Crippen molar-refractivity contribution < 1.29 is 19.0 Å². The van der Waals surface area contributed by atoms with E-state index in [1.165, 1.54) is 12.8 Å². The van der Waals surface area contributed by atoms with E-state index in [-0.39, 0.29) is 40.3 Å². The van der Waals surface area contributed by atoms with Crippen molar-refractivity contribution in [2.24, 2.45) is 11.3 Å². The van der Waals surface area contributed by atoms with Crippen molar-refractivity contribution in [3.8, 4) is 41.0 Å². The molecule has 9 rings (SSSR count). The molecule has 1 aliphatic carbocycles. The van der Waals surface area contributed by atoms with E-state index in [1.807, 2.05) is 18.2 Å². The van der Waals surface area contributed by atoms with Crippen LogP contribution in [0, 0.1) is 29.5 Å². The number of piperazine rings is 1. The van der Waals surface area contributed by atoms with E-state index in [2.05, 4.69) is 28.0 Å². The fourth-order valence-corrected chi connectivity index (χ4v) is 8.49. The Morgan fingerprint density at radius 2 is 1.96 bits per heavy atom. The molecule has 242 valence electrons. The lowest BCUT2D eigenvalue weighted by Crippen LogP contribution is -2.60. The first-order chi connectivity index (χ1) is 22.9. The second-order valence-corrected chi connectivity index (χ2v) is 14.7. The summed E-state index contributed by atoms with van der Waals surface area (Å²) in [5, 5.41) is 16.5. The number of likely N-dealkylation sites (tertiary alicyclic amines) is 1. The van der Waals surface area contributed by atoms with Gasteiger partial charge in [-0.05, 0) is 92.7 Å². The van der Waals surface area contributed by atoms with Crippen LogP contribution in [0.1, 0.15) is 51.0 Å². The molecule has 8 nitrogen and oxygen atoms in total. The lowest BCUT2D eigenvalue weighted by Gasteiger charge is -2.40. The monoisotopic (exact) mass is 633 g/mol. The van der Waals surface area contributed by atoms with Crippen LogP contribution in [0.25, 0.3) is 32.8 Å². The van der Waals surface area contributed by atoms with E-state index in [1.54, 1.807) is 18.2 Å². The summed E-state index contributed by atoms with van der Waals surface area (Å²) in [5.41, 5.74) is 1.63. The number of halogens is 1. The number of phenols is 1. The number of benzene rings is 3. The standard InChI is InChI=1S/C38H40FN5O3/c1-3-23-5-4-6-24-15-26(45)16-27(32(23)24)28-17-31-33-35(34(28)39)41-37(47-21-38(11-12-38)20-43-13-9-22(2)10-14-43)42-36(33)44-18-25-7-8-29(40-25)30(44)19-46-31/h1,4-6,15-17,22,25,29-30,40,45H,7-14,18-21H2,2H3/t25-,29+,30-/m1/s1. The van der Waals surface area contributed by atoms with Crippen LogP contribution in [0.3, 0.4) is 0 Å². The summed E-state index contributed by atoms with van der Waals surface area (Å²) < 4.78 is 30.1. The van der Waals surface area contributed by atoms with Gasteiger partial charge in [0.25, 0.3) is 0 Å². The first-order valence-electron chi connectivity index (χ1n) is 17.2. The molecule has 47 heavy (non-hydrogen) atoms. The van der Waals surface area contributed by atoms with Crippen molar-refractivity contribution >= 4 is 27.5 Å². The molecule has 2 N–H and O–H groups in total. The Hall–Kier alpha value is -4.13. The molecule has 2 bridgehead atoms.